The highest BCUT2D eigenvalue weighted by Gasteiger charge is 2.31. The number of halogens is 3. The van der Waals surface area contributed by atoms with Crippen LogP contribution in [-0.4, -0.2) is 51.0 Å². The average Bonchev–Trinajstić information content (AvgIpc) is 3.51. The molecule has 252 valence electrons. The van der Waals surface area contributed by atoms with Crippen molar-refractivity contribution in [3.8, 4) is 22.8 Å². The Morgan fingerprint density at radius 1 is 1.00 bits per heavy atom. The molecule has 0 fully saturated rings. The fraction of sp³-hybridized carbons (Fsp3) is 0.229. The van der Waals surface area contributed by atoms with Gasteiger partial charge in [-0.1, -0.05) is 24.3 Å². The highest BCUT2D eigenvalue weighted by Crippen LogP contribution is 2.38. The number of carboxylic acids is 1. The van der Waals surface area contributed by atoms with E-state index in [1.165, 1.54) is 12.1 Å². The summed E-state index contributed by atoms with van der Waals surface area (Å²) >= 11 is 0. The number of pyridine rings is 2. The minimum absolute atomic E-state index is 0.189. The lowest BCUT2D eigenvalue weighted by Gasteiger charge is -2.22. The second-order valence-electron chi connectivity index (χ2n) is 11.3. The molecule has 0 saturated carbocycles. The van der Waals surface area contributed by atoms with Gasteiger partial charge in [0.15, 0.2) is 0 Å². The third kappa shape index (κ3) is 7.03. The standard InChI is InChI=1S/C35H31F3N6O5/c1-48-26-11-10-23(28(18-26)49-2)19-41-32-30-27(13-15-40-32)44(25-5-3-4-22(16-25)34(46)47)43-31(30)20-6-8-21(9-7-20)33(45)42-29-17-24(12-14-39-29)35(36,37)38/h3,5-15,17-18,22,25H,4,16,19H2,1-2H3,(H,40,41)(H,46,47)(H,39,42,45)/t22?,25-/m1/s1. The summed E-state index contributed by atoms with van der Waals surface area (Å²) in [5.74, 6) is -0.531. The van der Waals surface area contributed by atoms with Gasteiger partial charge in [-0.15, -0.1) is 0 Å². The topological polar surface area (TPSA) is 140 Å². The average molecular weight is 673 g/mol. The first-order valence-corrected chi connectivity index (χ1v) is 15.2. The lowest BCUT2D eigenvalue weighted by Crippen LogP contribution is -2.22. The number of nitrogens with one attached hydrogen (secondary N) is 2. The summed E-state index contributed by atoms with van der Waals surface area (Å²) < 4.78 is 52.1. The van der Waals surface area contributed by atoms with Gasteiger partial charge in [0.2, 0.25) is 0 Å². The predicted molar refractivity (Wildman–Crippen MR) is 176 cm³/mol. The molecule has 1 unspecified atom stereocenters. The van der Waals surface area contributed by atoms with Gasteiger partial charge < -0.3 is 25.2 Å². The van der Waals surface area contributed by atoms with E-state index in [1.807, 2.05) is 30.4 Å². The van der Waals surface area contributed by atoms with E-state index in [2.05, 4.69) is 20.6 Å². The Balaban J connectivity index is 1.35. The maximum absolute atomic E-state index is 13.1. The van der Waals surface area contributed by atoms with Gasteiger partial charge in [0.25, 0.3) is 5.91 Å². The molecule has 6 rings (SSSR count). The van der Waals surface area contributed by atoms with Crippen molar-refractivity contribution in [3.63, 3.8) is 0 Å². The summed E-state index contributed by atoms with van der Waals surface area (Å²) in [5, 5.41) is 21.2. The zero-order chi connectivity index (χ0) is 34.7. The number of fused-ring (bicyclic) bond motifs is 1. The summed E-state index contributed by atoms with van der Waals surface area (Å²) in [7, 11) is 3.14. The number of alkyl halides is 3. The number of anilines is 2. The van der Waals surface area contributed by atoms with Gasteiger partial charge in [0.1, 0.15) is 28.8 Å². The third-order valence-electron chi connectivity index (χ3n) is 8.28. The lowest BCUT2D eigenvalue weighted by molar-refractivity contribution is -0.142. The Labute approximate surface area is 278 Å². The van der Waals surface area contributed by atoms with Gasteiger partial charge in [-0.05, 0) is 55.3 Å². The molecule has 2 atom stereocenters. The third-order valence-corrected chi connectivity index (χ3v) is 8.28. The van der Waals surface area contributed by atoms with Gasteiger partial charge in [-0.2, -0.15) is 18.3 Å². The highest BCUT2D eigenvalue weighted by molar-refractivity contribution is 6.05. The monoisotopic (exact) mass is 672 g/mol. The molecule has 0 aliphatic heterocycles. The number of hydrogen-bond donors (Lipinski definition) is 3. The summed E-state index contributed by atoms with van der Waals surface area (Å²) in [5.41, 5.74) is 1.99. The Morgan fingerprint density at radius 3 is 2.49 bits per heavy atom. The SMILES string of the molecule is COc1ccc(CNc2nccc3c2c(-c2ccc(C(=O)Nc4cc(C(F)(F)F)ccn4)cc2)nn3[C@@H]2C=CCC(C(=O)O)C2)c(OC)c1. The van der Waals surface area contributed by atoms with E-state index < -0.39 is 29.5 Å². The molecule has 0 saturated heterocycles. The van der Waals surface area contributed by atoms with Gasteiger partial charge in [-0.3, -0.25) is 14.3 Å². The van der Waals surface area contributed by atoms with Crippen molar-refractivity contribution in [1.82, 2.24) is 19.7 Å². The molecule has 49 heavy (non-hydrogen) atoms. The summed E-state index contributed by atoms with van der Waals surface area (Å²) in [4.78, 5) is 33.3. The number of amides is 1. The summed E-state index contributed by atoms with van der Waals surface area (Å²) in [6.07, 6.45) is 2.61. The van der Waals surface area contributed by atoms with Crippen LogP contribution in [-0.2, 0) is 17.5 Å². The number of allylic oxidation sites excluding steroid dienone is 2. The first kappa shape index (κ1) is 33.0. The Morgan fingerprint density at radius 2 is 1.78 bits per heavy atom. The van der Waals surface area contributed by atoms with Crippen LogP contribution in [0, 0.1) is 5.92 Å². The smallest absolute Gasteiger partial charge is 0.416 e. The lowest BCUT2D eigenvalue weighted by atomic mass is 9.91. The van der Waals surface area contributed by atoms with Crippen LogP contribution < -0.4 is 20.1 Å². The molecule has 0 bridgehead atoms. The highest BCUT2D eigenvalue weighted by atomic mass is 19.4. The van der Waals surface area contributed by atoms with E-state index in [1.54, 1.807) is 43.3 Å². The van der Waals surface area contributed by atoms with E-state index in [4.69, 9.17) is 14.6 Å². The van der Waals surface area contributed by atoms with Crippen molar-refractivity contribution in [1.29, 1.82) is 0 Å². The van der Waals surface area contributed by atoms with E-state index in [-0.39, 0.29) is 17.4 Å². The molecule has 3 N–H and O–H groups in total. The molecule has 0 radical (unpaired) electrons. The van der Waals surface area contributed by atoms with E-state index in [0.717, 1.165) is 23.9 Å². The molecule has 1 amide bonds. The maximum atomic E-state index is 13.1. The molecule has 11 nitrogen and oxygen atoms in total. The molecule has 3 aromatic heterocycles. The Kier molecular flexibility index (Phi) is 9.20. The second-order valence-corrected chi connectivity index (χ2v) is 11.3. The summed E-state index contributed by atoms with van der Waals surface area (Å²) in [6, 6.07) is 15.0. The first-order chi connectivity index (χ1) is 23.5. The van der Waals surface area contributed by atoms with E-state index in [9.17, 15) is 27.9 Å². The minimum Gasteiger partial charge on any atom is -0.497 e. The van der Waals surface area contributed by atoms with Crippen LogP contribution in [0.3, 0.4) is 0 Å². The number of hydrogen-bond acceptors (Lipinski definition) is 8. The number of carbonyl (C=O) groups excluding carboxylic acids is 1. The molecule has 3 heterocycles. The Bertz CT molecular complexity index is 2040. The van der Waals surface area contributed by atoms with Gasteiger partial charge in [-0.25, -0.2) is 9.97 Å². The number of methoxy groups -OCH3 is 2. The fourth-order valence-electron chi connectivity index (χ4n) is 5.75. The molecule has 1 aliphatic carbocycles. The van der Waals surface area contributed by atoms with E-state index >= 15 is 0 Å². The fourth-order valence-corrected chi connectivity index (χ4v) is 5.75. The minimum atomic E-state index is -4.58. The number of nitrogens with zero attached hydrogens (tertiary/aromatic N) is 4. The van der Waals surface area contributed by atoms with Crippen LogP contribution in [0.25, 0.3) is 22.2 Å². The van der Waals surface area contributed by atoms with Crippen LogP contribution in [0.5, 0.6) is 11.5 Å². The molecular weight excluding hydrogens is 641 g/mol. The van der Waals surface area contributed by atoms with Crippen molar-refractivity contribution in [3.05, 3.63) is 102 Å². The Hall–Kier alpha value is -5.92. The zero-order valence-electron chi connectivity index (χ0n) is 26.4. The van der Waals surface area contributed by atoms with E-state index in [0.29, 0.717) is 58.9 Å². The molecule has 14 heteroatoms. The van der Waals surface area contributed by atoms with Crippen molar-refractivity contribution >= 4 is 34.4 Å². The largest absolute Gasteiger partial charge is 0.497 e. The number of carboxylic acid groups (broad SMARTS) is 1. The van der Waals surface area contributed by atoms with Crippen LogP contribution in [0.15, 0.2) is 85.2 Å². The number of aromatic nitrogens is 4. The van der Waals surface area contributed by atoms with Gasteiger partial charge in [0.05, 0.1) is 42.6 Å². The number of aliphatic carboxylic acids is 1. The van der Waals surface area contributed by atoms with Crippen molar-refractivity contribution in [2.45, 2.75) is 31.6 Å². The zero-order valence-corrected chi connectivity index (χ0v) is 26.4. The summed E-state index contributed by atoms with van der Waals surface area (Å²) in [6.45, 7) is 0.344. The molecule has 2 aromatic carbocycles. The van der Waals surface area contributed by atoms with Crippen molar-refractivity contribution < 1.29 is 37.3 Å². The number of benzene rings is 2. The molecule has 1 aliphatic rings. The number of ether oxygens (including phenoxy) is 2. The van der Waals surface area contributed by atoms with Gasteiger partial charge >= 0.3 is 12.1 Å². The number of rotatable bonds is 10. The molecule has 5 aromatic rings. The number of carbonyl (C=O) groups is 2. The van der Waals surface area contributed by atoms with Crippen LogP contribution in [0.1, 0.15) is 40.4 Å². The maximum Gasteiger partial charge on any atom is 0.416 e. The van der Waals surface area contributed by atoms with Crippen molar-refractivity contribution in [2.75, 3.05) is 24.9 Å². The van der Waals surface area contributed by atoms with Crippen LogP contribution in [0.4, 0.5) is 24.8 Å². The second kappa shape index (κ2) is 13.7. The predicted octanol–water partition coefficient (Wildman–Crippen LogP) is 6.99. The van der Waals surface area contributed by atoms with Crippen molar-refractivity contribution in [2.24, 2.45) is 5.92 Å². The van der Waals surface area contributed by atoms with Crippen LogP contribution in [0.2, 0.25) is 0 Å². The van der Waals surface area contributed by atoms with Crippen LogP contribution >= 0.6 is 0 Å². The normalized spacial score (nSPS) is 15.9. The molecular formula is C35H31F3N6O5. The first-order valence-electron chi connectivity index (χ1n) is 15.2. The van der Waals surface area contributed by atoms with Gasteiger partial charge in [0, 0.05) is 41.7 Å². The molecule has 0 spiro atoms. The quantitative estimate of drug-likeness (QED) is 0.134.